The Bertz CT molecular complexity index is 296. The highest BCUT2D eigenvalue weighted by atomic mass is 35.5. The molecule has 2 nitrogen and oxygen atoms in total. The second kappa shape index (κ2) is 7.66. The minimum atomic E-state index is -0.103. The fraction of sp³-hybridized carbons (Fsp3) is 0.538. The summed E-state index contributed by atoms with van der Waals surface area (Å²) in [6.07, 6.45) is 1.68. The largest absolute Gasteiger partial charge is 0.353 e. The highest BCUT2D eigenvalue weighted by molar-refractivity contribution is 6.30. The van der Waals surface area contributed by atoms with Crippen molar-refractivity contribution in [3.8, 4) is 0 Å². The summed E-state index contributed by atoms with van der Waals surface area (Å²) in [4.78, 5) is 0. The maximum absolute atomic E-state index is 5.92. The lowest BCUT2D eigenvalue weighted by Gasteiger charge is -2.16. The van der Waals surface area contributed by atoms with Crippen LogP contribution in [-0.4, -0.2) is 19.5 Å². The van der Waals surface area contributed by atoms with Gasteiger partial charge in [-0.3, -0.25) is 0 Å². The Labute approximate surface area is 103 Å². The molecule has 0 spiro atoms. The van der Waals surface area contributed by atoms with Gasteiger partial charge in [-0.2, -0.15) is 0 Å². The van der Waals surface area contributed by atoms with E-state index in [4.69, 9.17) is 21.1 Å². The number of rotatable bonds is 7. The van der Waals surface area contributed by atoms with Crippen LogP contribution in [0.5, 0.6) is 0 Å². The minimum Gasteiger partial charge on any atom is -0.353 e. The first kappa shape index (κ1) is 13.5. The zero-order valence-corrected chi connectivity index (χ0v) is 10.7. The summed E-state index contributed by atoms with van der Waals surface area (Å²) in [5.74, 6) is 0. The Morgan fingerprint density at radius 3 is 2.44 bits per heavy atom. The van der Waals surface area contributed by atoms with Gasteiger partial charge in [0, 0.05) is 24.7 Å². The van der Waals surface area contributed by atoms with Gasteiger partial charge in [0.1, 0.15) is 0 Å². The molecule has 0 heterocycles. The highest BCUT2D eigenvalue weighted by Crippen LogP contribution is 2.14. The summed E-state index contributed by atoms with van der Waals surface area (Å²) in [5, 5.41) is 0.780. The summed E-state index contributed by atoms with van der Waals surface area (Å²) in [5.41, 5.74) is 1.22. The summed E-state index contributed by atoms with van der Waals surface area (Å²) in [6.45, 7) is 5.32. The van der Waals surface area contributed by atoms with Crippen molar-refractivity contribution in [1.29, 1.82) is 0 Å². The Hall–Kier alpha value is -0.570. The van der Waals surface area contributed by atoms with E-state index in [2.05, 4.69) is 6.07 Å². The molecule has 3 heteroatoms. The van der Waals surface area contributed by atoms with Gasteiger partial charge < -0.3 is 9.47 Å². The van der Waals surface area contributed by atoms with Crippen LogP contribution in [0.1, 0.15) is 25.8 Å². The van der Waals surface area contributed by atoms with Crippen LogP contribution >= 0.6 is 11.6 Å². The third-order valence-electron chi connectivity index (χ3n) is 2.26. The monoisotopic (exact) mass is 242 g/mol. The molecule has 0 atom stereocenters. The first-order chi connectivity index (χ1) is 7.76. The molecule has 0 aromatic heterocycles. The third-order valence-corrected chi connectivity index (χ3v) is 2.50. The van der Waals surface area contributed by atoms with E-state index in [1.165, 1.54) is 5.56 Å². The second-order valence-electron chi connectivity index (χ2n) is 3.51. The molecular weight excluding hydrogens is 224 g/mol. The van der Waals surface area contributed by atoms with Crippen molar-refractivity contribution >= 4 is 11.6 Å². The molecule has 0 bridgehead atoms. The summed E-state index contributed by atoms with van der Waals surface area (Å²) >= 11 is 5.92. The van der Waals surface area contributed by atoms with Gasteiger partial charge in [0.15, 0.2) is 6.29 Å². The van der Waals surface area contributed by atoms with Crippen LogP contribution in [0, 0.1) is 0 Å². The lowest BCUT2D eigenvalue weighted by atomic mass is 10.1. The van der Waals surface area contributed by atoms with E-state index in [1.807, 2.05) is 32.0 Å². The van der Waals surface area contributed by atoms with Crippen LogP contribution in [0.25, 0.3) is 0 Å². The Balaban J connectivity index is 2.41. The van der Waals surface area contributed by atoms with Crippen molar-refractivity contribution in [3.05, 3.63) is 34.9 Å². The number of halogens is 1. The standard InChI is InChI=1S/C13H19ClO2/c1-3-15-13(16-4-2)9-8-11-6-5-7-12(14)10-11/h5-7,10,13H,3-4,8-9H2,1-2H3. The molecule has 0 aliphatic rings. The van der Waals surface area contributed by atoms with E-state index in [-0.39, 0.29) is 6.29 Å². The normalized spacial score (nSPS) is 11.0. The van der Waals surface area contributed by atoms with Crippen molar-refractivity contribution < 1.29 is 9.47 Å². The van der Waals surface area contributed by atoms with Crippen molar-refractivity contribution in [2.45, 2.75) is 33.0 Å². The average Bonchev–Trinajstić information content (AvgIpc) is 2.27. The molecule has 0 fully saturated rings. The molecule has 1 rings (SSSR count). The molecule has 1 aromatic rings. The SMILES string of the molecule is CCOC(CCc1cccc(Cl)c1)OCC. The first-order valence-electron chi connectivity index (χ1n) is 5.74. The van der Waals surface area contributed by atoms with Crippen LogP contribution < -0.4 is 0 Å². The zero-order valence-electron chi connectivity index (χ0n) is 9.91. The molecule has 0 aliphatic carbocycles. The molecule has 0 radical (unpaired) electrons. The van der Waals surface area contributed by atoms with Crippen LogP contribution in [0.15, 0.2) is 24.3 Å². The number of hydrogen-bond acceptors (Lipinski definition) is 2. The number of hydrogen-bond donors (Lipinski definition) is 0. The molecule has 1 aromatic carbocycles. The quantitative estimate of drug-likeness (QED) is 0.680. The molecule has 90 valence electrons. The van der Waals surface area contributed by atoms with E-state index in [1.54, 1.807) is 0 Å². The number of ether oxygens (including phenoxy) is 2. The van der Waals surface area contributed by atoms with Crippen molar-refractivity contribution in [2.75, 3.05) is 13.2 Å². The Morgan fingerprint density at radius 1 is 1.19 bits per heavy atom. The highest BCUT2D eigenvalue weighted by Gasteiger charge is 2.07. The third kappa shape index (κ3) is 4.97. The van der Waals surface area contributed by atoms with Crippen LogP contribution in [0.2, 0.25) is 5.02 Å². The van der Waals surface area contributed by atoms with E-state index in [0.717, 1.165) is 17.9 Å². The van der Waals surface area contributed by atoms with Crippen LogP contribution in [0.3, 0.4) is 0 Å². The maximum atomic E-state index is 5.92. The fourth-order valence-electron chi connectivity index (χ4n) is 1.56. The summed E-state index contributed by atoms with van der Waals surface area (Å²) in [7, 11) is 0. The topological polar surface area (TPSA) is 18.5 Å². The van der Waals surface area contributed by atoms with Crippen molar-refractivity contribution in [1.82, 2.24) is 0 Å². The van der Waals surface area contributed by atoms with Gasteiger partial charge in [-0.25, -0.2) is 0 Å². The predicted molar refractivity (Wildman–Crippen MR) is 66.8 cm³/mol. The Morgan fingerprint density at radius 2 is 1.88 bits per heavy atom. The molecule has 0 saturated carbocycles. The Kier molecular flexibility index (Phi) is 6.46. The van der Waals surface area contributed by atoms with E-state index < -0.39 is 0 Å². The summed E-state index contributed by atoms with van der Waals surface area (Å²) in [6, 6.07) is 7.90. The predicted octanol–water partition coefficient (Wildman–Crippen LogP) is 3.67. The zero-order chi connectivity index (χ0) is 11.8. The molecule has 0 N–H and O–H groups in total. The van der Waals surface area contributed by atoms with Gasteiger partial charge in [-0.05, 0) is 38.0 Å². The molecule has 0 amide bonds. The molecule has 16 heavy (non-hydrogen) atoms. The minimum absolute atomic E-state index is 0.103. The lowest BCUT2D eigenvalue weighted by molar-refractivity contribution is -0.139. The van der Waals surface area contributed by atoms with Gasteiger partial charge >= 0.3 is 0 Å². The van der Waals surface area contributed by atoms with Gasteiger partial charge in [0.25, 0.3) is 0 Å². The van der Waals surface area contributed by atoms with Crippen molar-refractivity contribution in [2.24, 2.45) is 0 Å². The number of benzene rings is 1. The van der Waals surface area contributed by atoms with Gasteiger partial charge in [-0.1, -0.05) is 23.7 Å². The molecule has 0 unspecified atom stereocenters. The average molecular weight is 243 g/mol. The van der Waals surface area contributed by atoms with Gasteiger partial charge in [0.2, 0.25) is 0 Å². The van der Waals surface area contributed by atoms with E-state index in [0.29, 0.717) is 13.2 Å². The van der Waals surface area contributed by atoms with E-state index in [9.17, 15) is 0 Å². The second-order valence-corrected chi connectivity index (χ2v) is 3.95. The fourth-order valence-corrected chi connectivity index (χ4v) is 1.78. The van der Waals surface area contributed by atoms with Gasteiger partial charge in [-0.15, -0.1) is 0 Å². The van der Waals surface area contributed by atoms with Crippen LogP contribution in [-0.2, 0) is 15.9 Å². The van der Waals surface area contributed by atoms with E-state index >= 15 is 0 Å². The molecular formula is C13H19ClO2. The molecule has 0 aliphatic heterocycles. The van der Waals surface area contributed by atoms with Crippen LogP contribution in [0.4, 0.5) is 0 Å². The van der Waals surface area contributed by atoms with Gasteiger partial charge in [0.05, 0.1) is 0 Å². The summed E-state index contributed by atoms with van der Waals surface area (Å²) < 4.78 is 11.0. The maximum Gasteiger partial charge on any atom is 0.157 e. The molecule has 0 saturated heterocycles. The number of aryl methyl sites for hydroxylation is 1. The van der Waals surface area contributed by atoms with Crippen molar-refractivity contribution in [3.63, 3.8) is 0 Å². The lowest BCUT2D eigenvalue weighted by Crippen LogP contribution is -2.18. The first-order valence-corrected chi connectivity index (χ1v) is 6.11. The smallest absolute Gasteiger partial charge is 0.157 e.